The van der Waals surface area contributed by atoms with E-state index in [2.05, 4.69) is 11.8 Å². The lowest BCUT2D eigenvalue weighted by molar-refractivity contribution is -0.137. The van der Waals surface area contributed by atoms with Crippen LogP contribution in [0.25, 0.3) is 5.76 Å². The van der Waals surface area contributed by atoms with Crippen molar-refractivity contribution in [1.82, 2.24) is 0 Å². The number of fused-ring (bicyclic) bond motifs is 2. The molecule has 7 heteroatoms. The predicted octanol–water partition coefficient (Wildman–Crippen LogP) is 3.19. The van der Waals surface area contributed by atoms with E-state index >= 15 is 0 Å². The molecule has 1 aromatic carbocycles. The first-order valence-electron chi connectivity index (χ1n) is 11.8. The number of carbonyl (C=O) groups is 3. The molecular formula is C27H33NO6. The van der Waals surface area contributed by atoms with Crippen molar-refractivity contribution in [3.63, 3.8) is 0 Å². The average molecular weight is 468 g/mol. The predicted molar refractivity (Wildman–Crippen MR) is 130 cm³/mol. The van der Waals surface area contributed by atoms with Gasteiger partial charge in [0.05, 0.1) is 23.5 Å². The summed E-state index contributed by atoms with van der Waals surface area (Å²) >= 11 is 0. The number of unbranched alkanes of at least 4 members (excludes halogenated alkanes) is 1. The molecule has 0 saturated heterocycles. The molecular weight excluding hydrogens is 434 g/mol. The largest absolute Gasteiger partial charge is 0.507 e. The van der Waals surface area contributed by atoms with E-state index in [1.165, 1.54) is 6.92 Å². The first kappa shape index (κ1) is 25.5. The zero-order valence-corrected chi connectivity index (χ0v) is 20.3. The van der Waals surface area contributed by atoms with Crippen LogP contribution in [0, 0.1) is 29.6 Å². The van der Waals surface area contributed by atoms with Crippen molar-refractivity contribution < 1.29 is 29.7 Å². The molecule has 1 aromatic rings. The first-order valence-corrected chi connectivity index (χ1v) is 11.8. The summed E-state index contributed by atoms with van der Waals surface area (Å²) in [5.74, 6) is 2.29. The Morgan fingerprint density at radius 2 is 1.94 bits per heavy atom. The number of phenolic OH excluding ortho intramolecular Hbond substituents is 1. The number of aliphatic hydroxyl groups excluding tert-OH is 2. The van der Waals surface area contributed by atoms with E-state index in [1.54, 1.807) is 6.07 Å². The summed E-state index contributed by atoms with van der Waals surface area (Å²) in [6.45, 7) is 3.12. The average Bonchev–Trinajstić information content (AvgIpc) is 2.74. The summed E-state index contributed by atoms with van der Waals surface area (Å²) in [5.41, 5.74) is 2.19. The van der Waals surface area contributed by atoms with Gasteiger partial charge in [-0.3, -0.25) is 14.4 Å². The molecule has 1 fully saturated rings. The maximum atomic E-state index is 13.6. The zero-order chi connectivity index (χ0) is 25.2. The van der Waals surface area contributed by atoms with E-state index in [1.807, 2.05) is 25.9 Å². The maximum absolute atomic E-state index is 13.6. The number of nitrogens with zero attached hydrogens (tertiary/aromatic N) is 1. The molecule has 0 radical (unpaired) electrons. The fourth-order valence-corrected chi connectivity index (χ4v) is 5.23. The SMILES string of the molecule is CCCC#Cc1cc(N(C)C)c2c(c1O)C(O)=C1C(=O)C(C(=O)CC(C)=O)C(CCO)CC1C2. The molecule has 0 aromatic heterocycles. The van der Waals surface area contributed by atoms with Crippen molar-refractivity contribution in [3.8, 4) is 17.6 Å². The van der Waals surface area contributed by atoms with E-state index in [0.717, 1.165) is 17.7 Å². The Morgan fingerprint density at radius 1 is 1.24 bits per heavy atom. The molecule has 0 heterocycles. The molecule has 0 spiro atoms. The van der Waals surface area contributed by atoms with Crippen LogP contribution in [-0.2, 0) is 20.8 Å². The molecule has 3 unspecified atom stereocenters. The van der Waals surface area contributed by atoms with E-state index in [0.29, 0.717) is 24.8 Å². The number of Topliss-reactive ketones (excluding diaryl/α,β-unsaturated/α-hetero) is 3. The van der Waals surface area contributed by atoms with Gasteiger partial charge < -0.3 is 20.2 Å². The third-order valence-electron chi connectivity index (χ3n) is 6.69. The zero-order valence-electron chi connectivity index (χ0n) is 20.3. The molecule has 3 N–H and O–H groups in total. The lowest BCUT2D eigenvalue weighted by atomic mass is 9.63. The van der Waals surface area contributed by atoms with Gasteiger partial charge in [0, 0.05) is 38.4 Å². The van der Waals surface area contributed by atoms with Crippen LogP contribution in [0.1, 0.15) is 62.6 Å². The minimum absolute atomic E-state index is 0.127. The van der Waals surface area contributed by atoms with Crippen LogP contribution in [0.4, 0.5) is 5.69 Å². The van der Waals surface area contributed by atoms with Crippen LogP contribution in [0.2, 0.25) is 0 Å². The van der Waals surface area contributed by atoms with Crippen molar-refractivity contribution in [2.75, 3.05) is 25.6 Å². The maximum Gasteiger partial charge on any atom is 0.173 e. The van der Waals surface area contributed by atoms with Gasteiger partial charge in [-0.2, -0.15) is 0 Å². The fourth-order valence-electron chi connectivity index (χ4n) is 5.23. The van der Waals surface area contributed by atoms with Crippen molar-refractivity contribution in [1.29, 1.82) is 0 Å². The number of carbonyl (C=O) groups excluding carboxylic acids is 3. The lowest BCUT2D eigenvalue weighted by Crippen LogP contribution is -2.43. The molecule has 2 aliphatic carbocycles. The summed E-state index contributed by atoms with van der Waals surface area (Å²) in [4.78, 5) is 39.9. The Balaban J connectivity index is 2.19. The number of benzene rings is 1. The number of aromatic hydroxyl groups is 1. The Morgan fingerprint density at radius 3 is 2.53 bits per heavy atom. The van der Waals surface area contributed by atoms with Gasteiger partial charge >= 0.3 is 0 Å². The summed E-state index contributed by atoms with van der Waals surface area (Å²) in [5, 5.41) is 31.9. The number of allylic oxidation sites excluding steroid dienone is 1. The Kier molecular flexibility index (Phi) is 7.83. The van der Waals surface area contributed by atoms with Crippen molar-refractivity contribution in [2.45, 2.75) is 52.4 Å². The lowest BCUT2D eigenvalue weighted by Gasteiger charge is -2.39. The molecule has 0 amide bonds. The Labute approximate surface area is 200 Å². The molecule has 0 aliphatic heterocycles. The number of phenols is 1. The standard InChI is InChI=1S/C27H33NO6/c1-5-6-7-8-17-14-20(28(3)4)19-13-18-12-16(9-10-29)22(21(31)11-15(2)30)26(33)23(18)27(34)24(19)25(17)32/h14,16,18,22,29,32,34H,5-6,9-13H2,1-4H3. The van der Waals surface area contributed by atoms with Gasteiger partial charge in [0.1, 0.15) is 17.3 Å². The topological polar surface area (TPSA) is 115 Å². The van der Waals surface area contributed by atoms with Crippen molar-refractivity contribution in [3.05, 3.63) is 28.3 Å². The van der Waals surface area contributed by atoms with Gasteiger partial charge in [-0.05, 0) is 56.1 Å². The van der Waals surface area contributed by atoms with Gasteiger partial charge in [0.25, 0.3) is 0 Å². The summed E-state index contributed by atoms with van der Waals surface area (Å²) in [6, 6.07) is 1.80. The Hall–Kier alpha value is -3.11. The molecule has 3 atom stereocenters. The monoisotopic (exact) mass is 467 g/mol. The third-order valence-corrected chi connectivity index (χ3v) is 6.69. The smallest absolute Gasteiger partial charge is 0.173 e. The minimum Gasteiger partial charge on any atom is -0.507 e. The van der Waals surface area contributed by atoms with E-state index in [-0.39, 0.29) is 53.8 Å². The summed E-state index contributed by atoms with van der Waals surface area (Å²) < 4.78 is 0. The fraction of sp³-hybridized carbons (Fsp3) is 0.519. The highest BCUT2D eigenvalue weighted by molar-refractivity contribution is 6.17. The Bertz CT molecular complexity index is 1100. The quantitative estimate of drug-likeness (QED) is 0.417. The van der Waals surface area contributed by atoms with Crippen LogP contribution in [0.15, 0.2) is 11.6 Å². The van der Waals surface area contributed by atoms with E-state index in [4.69, 9.17) is 0 Å². The van der Waals surface area contributed by atoms with Crippen LogP contribution >= 0.6 is 0 Å². The number of hydrogen-bond donors (Lipinski definition) is 3. The van der Waals surface area contributed by atoms with Gasteiger partial charge in [-0.1, -0.05) is 18.8 Å². The molecule has 2 aliphatic rings. The van der Waals surface area contributed by atoms with Crippen LogP contribution in [0.5, 0.6) is 5.75 Å². The summed E-state index contributed by atoms with van der Waals surface area (Å²) in [7, 11) is 3.73. The van der Waals surface area contributed by atoms with Gasteiger partial charge in [0.2, 0.25) is 0 Å². The van der Waals surface area contributed by atoms with Crippen LogP contribution < -0.4 is 4.90 Å². The molecule has 0 bridgehead atoms. The van der Waals surface area contributed by atoms with Gasteiger partial charge in [-0.25, -0.2) is 0 Å². The van der Waals surface area contributed by atoms with Crippen molar-refractivity contribution in [2.24, 2.45) is 17.8 Å². The second-order valence-electron chi connectivity index (χ2n) is 9.45. The second kappa shape index (κ2) is 10.4. The molecule has 1 saturated carbocycles. The van der Waals surface area contributed by atoms with Crippen LogP contribution in [-0.4, -0.2) is 53.4 Å². The number of anilines is 1. The highest BCUT2D eigenvalue weighted by atomic mass is 16.3. The molecule has 182 valence electrons. The third kappa shape index (κ3) is 4.74. The number of ketones is 3. The first-order chi connectivity index (χ1) is 16.1. The highest BCUT2D eigenvalue weighted by Crippen LogP contribution is 2.50. The van der Waals surface area contributed by atoms with Crippen molar-refractivity contribution >= 4 is 28.8 Å². The number of rotatable bonds is 7. The molecule has 34 heavy (non-hydrogen) atoms. The summed E-state index contributed by atoms with van der Waals surface area (Å²) in [6.07, 6.45) is 2.25. The molecule has 3 rings (SSSR count). The van der Waals surface area contributed by atoms with Gasteiger partial charge in [-0.15, -0.1) is 0 Å². The minimum atomic E-state index is -1.09. The van der Waals surface area contributed by atoms with E-state index < -0.39 is 23.4 Å². The van der Waals surface area contributed by atoms with E-state index in [9.17, 15) is 29.7 Å². The molecule has 7 nitrogen and oxygen atoms in total. The van der Waals surface area contributed by atoms with Gasteiger partial charge in [0.15, 0.2) is 11.6 Å². The van der Waals surface area contributed by atoms with Crippen LogP contribution in [0.3, 0.4) is 0 Å². The number of aliphatic hydroxyl groups is 2. The highest BCUT2D eigenvalue weighted by Gasteiger charge is 2.47. The number of hydrogen-bond acceptors (Lipinski definition) is 7. The normalized spacial score (nSPS) is 21.3. The second-order valence-corrected chi connectivity index (χ2v) is 9.45.